The molecule has 3 N–H and O–H groups in total. The molecular formula is C9H10N4. The van der Waals surface area contributed by atoms with Gasteiger partial charge in [0, 0.05) is 11.3 Å². The van der Waals surface area contributed by atoms with Crippen molar-refractivity contribution < 1.29 is 0 Å². The van der Waals surface area contributed by atoms with Gasteiger partial charge in [-0.2, -0.15) is 5.10 Å². The topological polar surface area (TPSA) is 67.6 Å². The Morgan fingerprint density at radius 3 is 2.92 bits per heavy atom. The number of hydrogen-bond acceptors (Lipinski definition) is 3. The lowest BCUT2D eigenvalue weighted by Crippen LogP contribution is -1.90. The molecule has 4 heteroatoms. The van der Waals surface area contributed by atoms with Gasteiger partial charge in [0.1, 0.15) is 6.33 Å². The average Bonchev–Trinajstić information content (AvgIpc) is 2.61. The number of benzene rings is 1. The molecule has 2 aromatic rings. The second kappa shape index (κ2) is 2.90. The molecule has 0 aliphatic rings. The van der Waals surface area contributed by atoms with E-state index < -0.39 is 0 Å². The van der Waals surface area contributed by atoms with Gasteiger partial charge in [-0.1, -0.05) is 6.07 Å². The molecule has 0 amide bonds. The van der Waals surface area contributed by atoms with E-state index in [0.29, 0.717) is 0 Å². The van der Waals surface area contributed by atoms with Crippen molar-refractivity contribution in [1.82, 2.24) is 15.2 Å². The van der Waals surface area contributed by atoms with Gasteiger partial charge in [0.25, 0.3) is 0 Å². The molecule has 2 rings (SSSR count). The summed E-state index contributed by atoms with van der Waals surface area (Å²) in [5.74, 6) is 0.754. The molecule has 0 saturated carbocycles. The zero-order chi connectivity index (χ0) is 9.26. The summed E-state index contributed by atoms with van der Waals surface area (Å²) >= 11 is 0. The lowest BCUT2D eigenvalue weighted by atomic mass is 10.1. The van der Waals surface area contributed by atoms with Gasteiger partial charge in [-0.3, -0.25) is 5.10 Å². The normalized spacial score (nSPS) is 10.2. The molecule has 0 bridgehead atoms. The monoisotopic (exact) mass is 174 g/mol. The molecule has 1 aromatic carbocycles. The van der Waals surface area contributed by atoms with Crippen LogP contribution in [0.2, 0.25) is 0 Å². The van der Waals surface area contributed by atoms with Crippen LogP contribution < -0.4 is 5.73 Å². The van der Waals surface area contributed by atoms with E-state index in [0.717, 1.165) is 22.6 Å². The molecule has 0 saturated heterocycles. The number of hydrogen-bond donors (Lipinski definition) is 2. The summed E-state index contributed by atoms with van der Waals surface area (Å²) in [6.07, 6.45) is 1.48. The van der Waals surface area contributed by atoms with Crippen LogP contribution in [0.3, 0.4) is 0 Å². The summed E-state index contributed by atoms with van der Waals surface area (Å²) in [6, 6.07) is 5.72. The predicted octanol–water partition coefficient (Wildman–Crippen LogP) is 1.36. The number of aromatic amines is 1. The predicted molar refractivity (Wildman–Crippen MR) is 51.0 cm³/mol. The second-order valence-corrected chi connectivity index (χ2v) is 2.91. The fourth-order valence-electron chi connectivity index (χ4n) is 1.23. The van der Waals surface area contributed by atoms with Gasteiger partial charge < -0.3 is 5.73 Å². The largest absolute Gasteiger partial charge is 0.399 e. The molecule has 0 unspecified atom stereocenters. The highest BCUT2D eigenvalue weighted by Crippen LogP contribution is 2.21. The van der Waals surface area contributed by atoms with Crippen LogP contribution in [0.1, 0.15) is 5.56 Å². The van der Waals surface area contributed by atoms with Crippen LogP contribution >= 0.6 is 0 Å². The minimum absolute atomic E-state index is 0.733. The van der Waals surface area contributed by atoms with Crippen LogP contribution in [-0.2, 0) is 0 Å². The number of anilines is 1. The standard InChI is InChI=1S/C9H10N4/c1-6-2-3-7(10)4-8(6)9-11-5-12-13-9/h2-5H,10H2,1H3,(H,11,12,13). The molecule has 0 aliphatic heterocycles. The molecule has 1 heterocycles. The summed E-state index contributed by atoms with van der Waals surface area (Å²) in [5, 5.41) is 6.60. The van der Waals surface area contributed by atoms with Crippen LogP contribution in [0.4, 0.5) is 5.69 Å². The Balaban J connectivity index is 2.57. The van der Waals surface area contributed by atoms with Gasteiger partial charge in [-0.05, 0) is 24.6 Å². The first kappa shape index (κ1) is 7.79. The summed E-state index contributed by atoms with van der Waals surface area (Å²) in [5.41, 5.74) is 8.53. The van der Waals surface area contributed by atoms with Crippen molar-refractivity contribution in [3.63, 3.8) is 0 Å². The highest BCUT2D eigenvalue weighted by Gasteiger charge is 2.03. The van der Waals surface area contributed by atoms with Crippen LogP contribution in [0.25, 0.3) is 11.4 Å². The van der Waals surface area contributed by atoms with Gasteiger partial charge in [0.05, 0.1) is 0 Å². The molecule has 4 nitrogen and oxygen atoms in total. The van der Waals surface area contributed by atoms with Crippen LogP contribution in [0.15, 0.2) is 24.5 Å². The number of rotatable bonds is 1. The van der Waals surface area contributed by atoms with E-state index in [1.807, 2.05) is 25.1 Å². The molecule has 0 atom stereocenters. The zero-order valence-electron chi connectivity index (χ0n) is 7.28. The van der Waals surface area contributed by atoms with Crippen molar-refractivity contribution in [3.05, 3.63) is 30.1 Å². The highest BCUT2D eigenvalue weighted by molar-refractivity contribution is 5.64. The van der Waals surface area contributed by atoms with Gasteiger partial charge in [-0.15, -0.1) is 0 Å². The zero-order valence-corrected chi connectivity index (χ0v) is 7.28. The smallest absolute Gasteiger partial charge is 0.155 e. The van der Waals surface area contributed by atoms with Gasteiger partial charge >= 0.3 is 0 Å². The van der Waals surface area contributed by atoms with Gasteiger partial charge in [0.15, 0.2) is 5.82 Å². The average molecular weight is 174 g/mol. The highest BCUT2D eigenvalue weighted by atomic mass is 15.2. The summed E-state index contributed by atoms with van der Waals surface area (Å²) < 4.78 is 0. The molecule has 0 fully saturated rings. The van der Waals surface area contributed by atoms with Crippen LogP contribution in [0.5, 0.6) is 0 Å². The number of H-pyrrole nitrogens is 1. The molecule has 0 radical (unpaired) electrons. The Labute approximate surface area is 75.8 Å². The number of nitrogen functional groups attached to an aromatic ring is 1. The first-order valence-corrected chi connectivity index (χ1v) is 3.99. The first-order chi connectivity index (χ1) is 6.27. The number of nitrogens with zero attached hydrogens (tertiary/aromatic N) is 2. The van der Waals surface area contributed by atoms with Crippen molar-refractivity contribution >= 4 is 5.69 Å². The third-order valence-corrected chi connectivity index (χ3v) is 1.93. The first-order valence-electron chi connectivity index (χ1n) is 3.99. The molecule has 0 spiro atoms. The van der Waals surface area contributed by atoms with E-state index >= 15 is 0 Å². The van der Waals surface area contributed by atoms with Crippen LogP contribution in [0, 0.1) is 6.92 Å². The van der Waals surface area contributed by atoms with E-state index in [1.165, 1.54) is 6.33 Å². The fraction of sp³-hybridized carbons (Fsp3) is 0.111. The SMILES string of the molecule is Cc1ccc(N)cc1-c1ncn[nH]1. The number of nitrogens with one attached hydrogen (secondary N) is 1. The third kappa shape index (κ3) is 1.38. The third-order valence-electron chi connectivity index (χ3n) is 1.93. The Bertz CT molecular complexity index is 406. The van der Waals surface area contributed by atoms with Gasteiger partial charge in [-0.25, -0.2) is 4.98 Å². The molecule has 66 valence electrons. The van der Waals surface area contributed by atoms with Crippen molar-refractivity contribution in [2.45, 2.75) is 6.92 Å². The lowest BCUT2D eigenvalue weighted by molar-refractivity contribution is 1.09. The second-order valence-electron chi connectivity index (χ2n) is 2.91. The fourth-order valence-corrected chi connectivity index (χ4v) is 1.23. The maximum Gasteiger partial charge on any atom is 0.155 e. The molecule has 1 aromatic heterocycles. The lowest BCUT2D eigenvalue weighted by Gasteiger charge is -2.02. The molecule has 0 aliphatic carbocycles. The van der Waals surface area contributed by atoms with Crippen LogP contribution in [-0.4, -0.2) is 15.2 Å². The Hall–Kier alpha value is -1.84. The molecular weight excluding hydrogens is 164 g/mol. The van der Waals surface area contributed by atoms with E-state index in [1.54, 1.807) is 0 Å². The van der Waals surface area contributed by atoms with Crippen molar-refractivity contribution in [2.75, 3.05) is 5.73 Å². The Kier molecular flexibility index (Phi) is 1.73. The Morgan fingerprint density at radius 2 is 2.23 bits per heavy atom. The molecule has 13 heavy (non-hydrogen) atoms. The van der Waals surface area contributed by atoms with E-state index in [4.69, 9.17) is 5.73 Å². The van der Waals surface area contributed by atoms with E-state index in [9.17, 15) is 0 Å². The van der Waals surface area contributed by atoms with E-state index in [-0.39, 0.29) is 0 Å². The number of aryl methyl sites for hydroxylation is 1. The minimum atomic E-state index is 0.733. The van der Waals surface area contributed by atoms with Crippen molar-refractivity contribution in [2.24, 2.45) is 0 Å². The van der Waals surface area contributed by atoms with E-state index in [2.05, 4.69) is 15.2 Å². The summed E-state index contributed by atoms with van der Waals surface area (Å²) in [6.45, 7) is 2.01. The maximum atomic E-state index is 5.67. The quantitative estimate of drug-likeness (QED) is 0.641. The minimum Gasteiger partial charge on any atom is -0.399 e. The maximum absolute atomic E-state index is 5.67. The number of nitrogens with two attached hydrogens (primary N) is 1. The number of aromatic nitrogens is 3. The summed E-state index contributed by atoms with van der Waals surface area (Å²) in [7, 11) is 0. The van der Waals surface area contributed by atoms with Crippen molar-refractivity contribution in [3.8, 4) is 11.4 Å². The Morgan fingerprint density at radius 1 is 1.38 bits per heavy atom. The van der Waals surface area contributed by atoms with Crippen molar-refractivity contribution in [1.29, 1.82) is 0 Å². The summed E-state index contributed by atoms with van der Waals surface area (Å²) in [4.78, 5) is 4.07. The van der Waals surface area contributed by atoms with Gasteiger partial charge in [0.2, 0.25) is 0 Å².